The zero-order chi connectivity index (χ0) is 21.8. The van der Waals surface area contributed by atoms with Crippen molar-refractivity contribution in [3.8, 4) is 0 Å². The second-order valence-corrected chi connectivity index (χ2v) is 8.25. The third-order valence-electron chi connectivity index (χ3n) is 6.02. The van der Waals surface area contributed by atoms with Crippen molar-refractivity contribution in [2.45, 2.75) is 50.9 Å². The number of carbonyl (C=O) groups excluding carboxylic acids is 2. The number of rotatable bonds is 6. The highest BCUT2D eigenvalue weighted by molar-refractivity contribution is 6.11. The zero-order valence-electron chi connectivity index (χ0n) is 17.8. The Labute approximate surface area is 183 Å². The number of fused-ring (bicyclic) bond motifs is 4. The van der Waals surface area contributed by atoms with E-state index >= 15 is 0 Å². The van der Waals surface area contributed by atoms with Crippen molar-refractivity contribution in [3.63, 3.8) is 0 Å². The predicted octanol–water partition coefficient (Wildman–Crippen LogP) is 2.24. The third kappa shape index (κ3) is 5.00. The van der Waals surface area contributed by atoms with E-state index in [-0.39, 0.29) is 43.7 Å². The van der Waals surface area contributed by atoms with Crippen LogP contribution in [-0.4, -0.2) is 44.1 Å². The molecule has 2 aromatic carbocycles. The second-order valence-electron chi connectivity index (χ2n) is 8.25. The molecule has 6 atom stereocenters. The fourth-order valence-electron chi connectivity index (χ4n) is 4.39. The molecule has 3 aliphatic rings. The van der Waals surface area contributed by atoms with Crippen LogP contribution in [0.3, 0.4) is 0 Å². The standard InChI is InChI=1S/C24H27BO6/c1-15-20-18(23(26)28-13-16-8-4-2-5-9-16)12-19(21(30-15)22(25)31-20)24(27)29-14-17-10-6-3-7-11-17/h2-11,15,18-22H,12-14,25H2,1H3/t15?,18?,19?,20?,21?,22-/m1/s1. The molecule has 0 aromatic heterocycles. The van der Waals surface area contributed by atoms with Gasteiger partial charge in [-0.15, -0.1) is 0 Å². The number of carbonyl (C=O) groups is 2. The molecule has 5 unspecified atom stereocenters. The van der Waals surface area contributed by atoms with Gasteiger partial charge in [0.25, 0.3) is 0 Å². The maximum Gasteiger partial charge on any atom is 0.312 e. The van der Waals surface area contributed by atoms with Crippen molar-refractivity contribution in [2.75, 3.05) is 0 Å². The maximum atomic E-state index is 13.0. The van der Waals surface area contributed by atoms with E-state index in [0.29, 0.717) is 0 Å². The molecule has 0 radical (unpaired) electrons. The van der Waals surface area contributed by atoms with E-state index in [1.54, 1.807) is 0 Å². The highest BCUT2D eigenvalue weighted by Gasteiger charge is 2.52. The Morgan fingerprint density at radius 3 is 1.84 bits per heavy atom. The first-order valence-electron chi connectivity index (χ1n) is 10.7. The molecule has 5 rings (SSSR count). The first kappa shape index (κ1) is 21.6. The zero-order valence-corrected chi connectivity index (χ0v) is 17.8. The smallest absolute Gasteiger partial charge is 0.312 e. The molecule has 0 saturated carbocycles. The quantitative estimate of drug-likeness (QED) is 0.526. The monoisotopic (exact) mass is 422 g/mol. The van der Waals surface area contributed by atoms with Gasteiger partial charge in [0.05, 0.1) is 36.2 Å². The largest absolute Gasteiger partial charge is 0.461 e. The molecule has 3 heterocycles. The van der Waals surface area contributed by atoms with E-state index in [4.69, 9.17) is 18.9 Å². The molecular formula is C24H27BO6. The van der Waals surface area contributed by atoms with Crippen LogP contribution in [0.25, 0.3) is 0 Å². The summed E-state index contributed by atoms with van der Waals surface area (Å²) in [5, 5.41) is 0. The van der Waals surface area contributed by atoms with Crippen LogP contribution in [0.4, 0.5) is 0 Å². The van der Waals surface area contributed by atoms with Gasteiger partial charge in [0.1, 0.15) is 21.1 Å². The summed E-state index contributed by atoms with van der Waals surface area (Å²) in [5.74, 6) is -1.94. The molecule has 3 aliphatic heterocycles. The normalized spacial score (nSPS) is 29.7. The minimum absolute atomic E-state index is 0.181. The van der Waals surface area contributed by atoms with Crippen LogP contribution in [0.5, 0.6) is 0 Å². The van der Waals surface area contributed by atoms with Gasteiger partial charge in [-0.3, -0.25) is 9.59 Å². The summed E-state index contributed by atoms with van der Waals surface area (Å²) in [6, 6.07) is 18.7. The molecular weight excluding hydrogens is 395 g/mol. The predicted molar refractivity (Wildman–Crippen MR) is 116 cm³/mol. The average Bonchev–Trinajstić information content (AvgIpc) is 3.03. The van der Waals surface area contributed by atoms with Crippen molar-refractivity contribution in [3.05, 3.63) is 71.8 Å². The Kier molecular flexibility index (Phi) is 6.73. The lowest BCUT2D eigenvalue weighted by molar-refractivity contribution is -0.205. The van der Waals surface area contributed by atoms with Gasteiger partial charge in [-0.2, -0.15) is 0 Å². The van der Waals surface area contributed by atoms with Gasteiger partial charge in [-0.25, -0.2) is 0 Å². The highest BCUT2D eigenvalue weighted by Crippen LogP contribution is 2.39. The van der Waals surface area contributed by atoms with Crippen molar-refractivity contribution in [1.29, 1.82) is 0 Å². The van der Waals surface area contributed by atoms with E-state index in [1.807, 2.05) is 75.4 Å². The minimum Gasteiger partial charge on any atom is -0.461 e. The molecule has 0 aliphatic carbocycles. The molecule has 0 amide bonds. The molecule has 7 heteroatoms. The minimum atomic E-state index is -0.595. The van der Waals surface area contributed by atoms with E-state index in [0.717, 1.165) is 11.1 Å². The molecule has 2 aromatic rings. The lowest BCUT2D eigenvalue weighted by atomic mass is 9.83. The van der Waals surface area contributed by atoms with Gasteiger partial charge in [-0.05, 0) is 24.5 Å². The van der Waals surface area contributed by atoms with Gasteiger partial charge in [0, 0.05) is 0 Å². The molecule has 0 N–H and O–H groups in total. The Morgan fingerprint density at radius 1 is 0.839 bits per heavy atom. The van der Waals surface area contributed by atoms with Gasteiger partial charge < -0.3 is 18.9 Å². The number of benzene rings is 2. The summed E-state index contributed by atoms with van der Waals surface area (Å²) >= 11 is 0. The summed E-state index contributed by atoms with van der Waals surface area (Å²) in [5.41, 5.74) is 1.82. The van der Waals surface area contributed by atoms with E-state index in [2.05, 4.69) is 0 Å². The molecule has 3 saturated heterocycles. The van der Waals surface area contributed by atoms with Crippen LogP contribution in [0.1, 0.15) is 24.5 Å². The van der Waals surface area contributed by atoms with Crippen LogP contribution in [0.2, 0.25) is 0 Å². The second kappa shape index (κ2) is 9.66. The Morgan fingerprint density at radius 2 is 1.32 bits per heavy atom. The lowest BCUT2D eigenvalue weighted by Crippen LogP contribution is -2.51. The van der Waals surface area contributed by atoms with E-state index in [9.17, 15) is 9.59 Å². The SMILES string of the molecule is B[C@@H]1OC2C(C)OC1C(C(=O)OCc1ccccc1)CC2C(=O)OCc1ccccc1. The first-order chi connectivity index (χ1) is 15.0. The Bertz CT molecular complexity index is 816. The van der Waals surface area contributed by atoms with Gasteiger partial charge in [0.2, 0.25) is 0 Å². The summed E-state index contributed by atoms with van der Waals surface area (Å²) in [6.45, 7) is 2.24. The van der Waals surface area contributed by atoms with Crippen molar-refractivity contribution in [2.24, 2.45) is 11.8 Å². The van der Waals surface area contributed by atoms with Gasteiger partial charge in [-0.1, -0.05) is 60.7 Å². The topological polar surface area (TPSA) is 71.1 Å². The van der Waals surface area contributed by atoms with Gasteiger partial charge >= 0.3 is 11.9 Å². The Hall–Kier alpha value is -2.64. The molecule has 31 heavy (non-hydrogen) atoms. The first-order valence-corrected chi connectivity index (χ1v) is 10.7. The Balaban J connectivity index is 1.46. The molecule has 162 valence electrons. The summed E-state index contributed by atoms with van der Waals surface area (Å²) < 4.78 is 23.4. The average molecular weight is 422 g/mol. The lowest BCUT2D eigenvalue weighted by Gasteiger charge is -2.38. The van der Waals surface area contributed by atoms with Crippen LogP contribution in [0.15, 0.2) is 60.7 Å². The fraction of sp³-hybridized carbons (Fsp3) is 0.417. The van der Waals surface area contributed by atoms with Crippen LogP contribution in [0, 0.1) is 11.8 Å². The number of hydrogen-bond acceptors (Lipinski definition) is 6. The summed E-state index contributed by atoms with van der Waals surface area (Å²) in [6.07, 6.45) is -0.948. The van der Waals surface area contributed by atoms with E-state index in [1.165, 1.54) is 0 Å². The summed E-state index contributed by atoms with van der Waals surface area (Å²) in [7, 11) is 1.87. The number of ether oxygens (including phenoxy) is 4. The molecule has 0 spiro atoms. The van der Waals surface area contributed by atoms with Crippen LogP contribution < -0.4 is 0 Å². The number of hydrogen-bond donors (Lipinski definition) is 0. The van der Waals surface area contributed by atoms with Crippen LogP contribution in [-0.2, 0) is 41.8 Å². The van der Waals surface area contributed by atoms with Crippen molar-refractivity contribution < 1.29 is 28.5 Å². The highest BCUT2D eigenvalue weighted by atomic mass is 16.6. The number of esters is 2. The third-order valence-corrected chi connectivity index (χ3v) is 6.02. The fourth-order valence-corrected chi connectivity index (χ4v) is 4.39. The van der Waals surface area contributed by atoms with Crippen molar-refractivity contribution >= 4 is 19.8 Å². The molecule has 2 bridgehead atoms. The molecule has 6 nitrogen and oxygen atoms in total. The maximum absolute atomic E-state index is 13.0. The van der Waals surface area contributed by atoms with Gasteiger partial charge in [0.15, 0.2) is 0 Å². The summed E-state index contributed by atoms with van der Waals surface area (Å²) in [4.78, 5) is 26.0. The van der Waals surface area contributed by atoms with Crippen molar-refractivity contribution in [1.82, 2.24) is 0 Å². The van der Waals surface area contributed by atoms with E-state index < -0.39 is 24.0 Å². The molecule has 3 fully saturated rings. The van der Waals surface area contributed by atoms with Crippen LogP contribution >= 0.6 is 0 Å².